The summed E-state index contributed by atoms with van der Waals surface area (Å²) in [6.07, 6.45) is 0. The fraction of sp³-hybridized carbons (Fsp3) is 0.200. The second-order valence-electron chi connectivity index (χ2n) is 5.64. The molecule has 3 aromatic rings. The molecule has 27 heavy (non-hydrogen) atoms. The van der Waals surface area contributed by atoms with Gasteiger partial charge in [-0.1, -0.05) is 44.0 Å². The Morgan fingerprint density at radius 3 is 1.81 bits per heavy atom. The molecule has 5 nitrogen and oxygen atoms in total. The number of halogens is 2. The van der Waals surface area contributed by atoms with E-state index in [1.807, 2.05) is 36.4 Å². The summed E-state index contributed by atoms with van der Waals surface area (Å²) < 4.78 is 5.18. The lowest BCUT2D eigenvalue weighted by Crippen LogP contribution is -2.07. The normalized spacial score (nSPS) is 10.6. The summed E-state index contributed by atoms with van der Waals surface area (Å²) in [4.78, 5) is 26.2. The van der Waals surface area contributed by atoms with E-state index in [1.165, 1.54) is 0 Å². The summed E-state index contributed by atoms with van der Waals surface area (Å²) in [5.41, 5.74) is 4.78. The van der Waals surface area contributed by atoms with Crippen molar-refractivity contribution in [1.82, 2.24) is 15.0 Å². The summed E-state index contributed by atoms with van der Waals surface area (Å²) in [5, 5.41) is 1.28. The van der Waals surface area contributed by atoms with Gasteiger partial charge in [-0.15, -0.1) is 0 Å². The maximum absolute atomic E-state index is 12.4. The molecule has 3 heterocycles. The zero-order valence-electron chi connectivity index (χ0n) is 14.7. The Morgan fingerprint density at radius 1 is 0.852 bits per heavy atom. The van der Waals surface area contributed by atoms with Crippen LogP contribution in [0, 0.1) is 0 Å². The number of alkyl halides is 2. The standard InChI is InChI=1S/C20H17Br2N3O2/c1-2-27-20(26)13-9-18(16-7-3-5-14(11-21)23-16)25-19(10-13)17-8-4-6-15(12-22)24-17/h3-10H,2,11-12H2,1H3. The Bertz CT molecular complexity index is 898. The number of hydrogen-bond acceptors (Lipinski definition) is 5. The van der Waals surface area contributed by atoms with Crippen molar-refractivity contribution in [2.45, 2.75) is 17.6 Å². The zero-order chi connectivity index (χ0) is 19.2. The minimum absolute atomic E-state index is 0.306. The van der Waals surface area contributed by atoms with E-state index in [9.17, 15) is 4.79 Å². The summed E-state index contributed by atoms with van der Waals surface area (Å²) in [5.74, 6) is -0.393. The topological polar surface area (TPSA) is 65.0 Å². The number of rotatable bonds is 6. The molecule has 0 N–H and O–H groups in total. The van der Waals surface area contributed by atoms with Crippen LogP contribution < -0.4 is 0 Å². The Morgan fingerprint density at radius 2 is 1.37 bits per heavy atom. The van der Waals surface area contributed by atoms with Gasteiger partial charge in [0.15, 0.2) is 0 Å². The molecule has 0 aromatic carbocycles. The maximum Gasteiger partial charge on any atom is 0.338 e. The van der Waals surface area contributed by atoms with Crippen LogP contribution >= 0.6 is 31.9 Å². The molecular formula is C20H17Br2N3O2. The largest absolute Gasteiger partial charge is 0.462 e. The number of esters is 1. The molecule has 0 spiro atoms. The molecule has 3 aromatic heterocycles. The van der Waals surface area contributed by atoms with Crippen molar-refractivity contribution in [3.8, 4) is 22.8 Å². The fourth-order valence-corrected chi connectivity index (χ4v) is 3.14. The van der Waals surface area contributed by atoms with Crippen LogP contribution in [-0.4, -0.2) is 27.5 Å². The number of nitrogens with zero attached hydrogens (tertiary/aromatic N) is 3. The number of carbonyl (C=O) groups excluding carboxylic acids is 1. The molecule has 7 heteroatoms. The Hall–Kier alpha value is -2.12. The maximum atomic E-state index is 12.4. The highest BCUT2D eigenvalue weighted by molar-refractivity contribution is 9.08. The van der Waals surface area contributed by atoms with E-state index in [0.29, 0.717) is 45.6 Å². The van der Waals surface area contributed by atoms with Gasteiger partial charge in [0.1, 0.15) is 0 Å². The van der Waals surface area contributed by atoms with Crippen LogP contribution in [0.2, 0.25) is 0 Å². The summed E-state index contributed by atoms with van der Waals surface area (Å²) >= 11 is 6.84. The summed E-state index contributed by atoms with van der Waals surface area (Å²) in [6, 6.07) is 14.8. The molecule has 0 saturated heterocycles. The average molecular weight is 491 g/mol. The highest BCUT2D eigenvalue weighted by atomic mass is 79.9. The molecule has 0 aliphatic carbocycles. The third kappa shape index (κ3) is 4.78. The Kier molecular flexibility index (Phi) is 6.68. The number of ether oxygens (including phenoxy) is 1. The van der Waals surface area contributed by atoms with E-state index in [4.69, 9.17) is 9.72 Å². The third-order valence-electron chi connectivity index (χ3n) is 3.75. The van der Waals surface area contributed by atoms with E-state index in [2.05, 4.69) is 41.8 Å². The Balaban J connectivity index is 2.14. The molecule has 0 atom stereocenters. The minimum atomic E-state index is -0.393. The first kappa shape index (κ1) is 19.6. The molecule has 0 saturated carbocycles. The van der Waals surface area contributed by atoms with E-state index in [-0.39, 0.29) is 0 Å². The predicted octanol–water partition coefficient (Wildman–Crippen LogP) is 5.17. The van der Waals surface area contributed by atoms with Crippen molar-refractivity contribution in [2.24, 2.45) is 0 Å². The van der Waals surface area contributed by atoms with Crippen molar-refractivity contribution in [2.75, 3.05) is 6.61 Å². The Labute approximate surface area is 174 Å². The predicted molar refractivity (Wildman–Crippen MR) is 112 cm³/mol. The van der Waals surface area contributed by atoms with E-state index >= 15 is 0 Å². The van der Waals surface area contributed by atoms with Crippen molar-refractivity contribution < 1.29 is 9.53 Å². The molecule has 0 aliphatic rings. The first-order valence-electron chi connectivity index (χ1n) is 8.38. The van der Waals surface area contributed by atoms with Crippen molar-refractivity contribution in [3.63, 3.8) is 0 Å². The quantitative estimate of drug-likeness (QED) is 0.352. The lowest BCUT2D eigenvalue weighted by molar-refractivity contribution is 0.0526. The van der Waals surface area contributed by atoms with Gasteiger partial charge in [0.05, 0.1) is 46.3 Å². The van der Waals surface area contributed by atoms with Crippen molar-refractivity contribution >= 4 is 37.8 Å². The van der Waals surface area contributed by atoms with E-state index < -0.39 is 5.97 Å². The summed E-state index contributed by atoms with van der Waals surface area (Å²) in [6.45, 7) is 2.09. The number of pyridine rings is 3. The van der Waals surface area contributed by atoms with Crippen LogP contribution in [0.4, 0.5) is 0 Å². The van der Waals surface area contributed by atoms with Crippen LogP contribution in [0.3, 0.4) is 0 Å². The zero-order valence-corrected chi connectivity index (χ0v) is 17.8. The van der Waals surface area contributed by atoms with Crippen LogP contribution in [-0.2, 0) is 15.4 Å². The molecule has 138 valence electrons. The number of carbonyl (C=O) groups is 1. The molecule has 0 amide bonds. The van der Waals surface area contributed by atoms with Crippen molar-refractivity contribution in [3.05, 3.63) is 65.5 Å². The molecule has 0 bridgehead atoms. The average Bonchev–Trinajstić information content (AvgIpc) is 2.73. The van der Waals surface area contributed by atoms with Gasteiger partial charge in [-0.05, 0) is 43.3 Å². The van der Waals surface area contributed by atoms with Gasteiger partial charge >= 0.3 is 5.97 Å². The fourth-order valence-electron chi connectivity index (χ4n) is 2.52. The van der Waals surface area contributed by atoms with Gasteiger partial charge in [-0.3, -0.25) is 9.97 Å². The van der Waals surface area contributed by atoms with Gasteiger partial charge < -0.3 is 4.74 Å². The molecule has 0 radical (unpaired) electrons. The lowest BCUT2D eigenvalue weighted by Gasteiger charge is -2.09. The van der Waals surface area contributed by atoms with Crippen LogP contribution in [0.15, 0.2) is 48.5 Å². The van der Waals surface area contributed by atoms with Gasteiger partial charge in [0.2, 0.25) is 0 Å². The highest BCUT2D eigenvalue weighted by Gasteiger charge is 2.15. The van der Waals surface area contributed by atoms with Gasteiger partial charge in [0.25, 0.3) is 0 Å². The van der Waals surface area contributed by atoms with Crippen LogP contribution in [0.25, 0.3) is 22.8 Å². The highest BCUT2D eigenvalue weighted by Crippen LogP contribution is 2.24. The minimum Gasteiger partial charge on any atom is -0.462 e. The number of hydrogen-bond donors (Lipinski definition) is 0. The second kappa shape index (κ2) is 9.19. The van der Waals surface area contributed by atoms with E-state index in [0.717, 1.165) is 11.4 Å². The van der Waals surface area contributed by atoms with Gasteiger partial charge in [0, 0.05) is 10.7 Å². The molecule has 0 unspecified atom stereocenters. The number of aromatic nitrogens is 3. The molecule has 0 fully saturated rings. The van der Waals surface area contributed by atoms with E-state index in [1.54, 1.807) is 19.1 Å². The SMILES string of the molecule is CCOC(=O)c1cc(-c2cccc(CBr)n2)nc(-c2cccc(CBr)n2)c1. The molecular weight excluding hydrogens is 474 g/mol. The van der Waals surface area contributed by atoms with Crippen molar-refractivity contribution in [1.29, 1.82) is 0 Å². The van der Waals surface area contributed by atoms with Crippen LogP contribution in [0.5, 0.6) is 0 Å². The first-order valence-corrected chi connectivity index (χ1v) is 10.6. The first-order chi connectivity index (χ1) is 13.1. The van der Waals surface area contributed by atoms with Gasteiger partial charge in [-0.2, -0.15) is 0 Å². The lowest BCUT2D eigenvalue weighted by atomic mass is 10.1. The third-order valence-corrected chi connectivity index (χ3v) is 4.90. The van der Waals surface area contributed by atoms with Crippen LogP contribution in [0.1, 0.15) is 28.7 Å². The molecule has 3 rings (SSSR count). The smallest absolute Gasteiger partial charge is 0.338 e. The molecule has 0 aliphatic heterocycles. The van der Waals surface area contributed by atoms with Gasteiger partial charge in [-0.25, -0.2) is 9.78 Å². The monoisotopic (exact) mass is 489 g/mol. The summed E-state index contributed by atoms with van der Waals surface area (Å²) in [7, 11) is 0. The second-order valence-corrected chi connectivity index (χ2v) is 6.76.